The average molecular weight is 390 g/mol. The third kappa shape index (κ3) is 6.18. The lowest BCUT2D eigenvalue weighted by Crippen LogP contribution is -2.33. The van der Waals surface area contributed by atoms with Crippen LogP contribution in [0.4, 0.5) is 10.5 Å². The van der Waals surface area contributed by atoms with Gasteiger partial charge in [-0.05, 0) is 55.8 Å². The average Bonchev–Trinajstić information content (AvgIpc) is 2.67. The van der Waals surface area contributed by atoms with E-state index in [-0.39, 0.29) is 24.6 Å². The highest BCUT2D eigenvalue weighted by Gasteiger charge is 2.17. The molecular formula is C20H24ClN3O3. The number of hydrogen-bond donors (Lipinski definition) is 2. The van der Waals surface area contributed by atoms with Crippen molar-refractivity contribution < 1.29 is 14.3 Å². The van der Waals surface area contributed by atoms with Gasteiger partial charge in [0, 0.05) is 24.3 Å². The third-order valence-corrected chi connectivity index (χ3v) is 4.36. The molecule has 27 heavy (non-hydrogen) atoms. The SMILES string of the molecule is CCNC(=O)COc1ccc(NC(=O)N(C)[C@H](C)c2ccc(Cl)cc2)cc1. The number of benzene rings is 2. The Morgan fingerprint density at radius 1 is 1.11 bits per heavy atom. The standard InChI is InChI=1S/C20H24ClN3O3/c1-4-22-19(25)13-27-18-11-9-17(10-12-18)23-20(26)24(3)14(2)15-5-7-16(21)8-6-15/h5-12,14H,4,13H2,1-3H3,(H,22,25)(H,23,26)/t14-/m1/s1. The number of likely N-dealkylation sites (N-methyl/N-ethyl adjacent to an activating group) is 1. The third-order valence-electron chi connectivity index (χ3n) is 4.10. The van der Waals surface area contributed by atoms with Crippen molar-refractivity contribution in [1.82, 2.24) is 10.2 Å². The van der Waals surface area contributed by atoms with Gasteiger partial charge in [-0.3, -0.25) is 4.79 Å². The van der Waals surface area contributed by atoms with Crippen LogP contribution in [0.25, 0.3) is 0 Å². The smallest absolute Gasteiger partial charge is 0.322 e. The number of carbonyl (C=O) groups excluding carboxylic acids is 2. The van der Waals surface area contributed by atoms with Gasteiger partial charge < -0.3 is 20.3 Å². The van der Waals surface area contributed by atoms with E-state index in [1.807, 2.05) is 26.0 Å². The Balaban J connectivity index is 1.90. The minimum Gasteiger partial charge on any atom is -0.484 e. The van der Waals surface area contributed by atoms with Crippen molar-refractivity contribution in [3.05, 3.63) is 59.1 Å². The molecule has 0 aliphatic carbocycles. The Morgan fingerprint density at radius 3 is 2.33 bits per heavy atom. The molecule has 0 aromatic heterocycles. The van der Waals surface area contributed by atoms with Gasteiger partial charge >= 0.3 is 6.03 Å². The van der Waals surface area contributed by atoms with Gasteiger partial charge in [-0.15, -0.1) is 0 Å². The summed E-state index contributed by atoms with van der Waals surface area (Å²) in [5.74, 6) is 0.384. The van der Waals surface area contributed by atoms with Gasteiger partial charge in [0.2, 0.25) is 0 Å². The minimum absolute atomic E-state index is 0.0408. The summed E-state index contributed by atoms with van der Waals surface area (Å²) in [5, 5.41) is 6.16. The summed E-state index contributed by atoms with van der Waals surface area (Å²) in [7, 11) is 1.73. The maximum atomic E-state index is 12.5. The molecule has 6 nitrogen and oxygen atoms in total. The van der Waals surface area contributed by atoms with Crippen molar-refractivity contribution in [3.8, 4) is 5.75 Å². The Bertz CT molecular complexity index is 763. The molecule has 0 spiro atoms. The fourth-order valence-corrected chi connectivity index (χ4v) is 2.51. The molecule has 3 amide bonds. The van der Waals surface area contributed by atoms with E-state index in [1.54, 1.807) is 48.3 Å². The molecule has 2 aromatic rings. The van der Waals surface area contributed by atoms with Gasteiger partial charge in [-0.1, -0.05) is 23.7 Å². The summed E-state index contributed by atoms with van der Waals surface area (Å²) >= 11 is 5.91. The highest BCUT2D eigenvalue weighted by Crippen LogP contribution is 2.22. The molecule has 7 heteroatoms. The fourth-order valence-electron chi connectivity index (χ4n) is 2.38. The first-order valence-corrected chi connectivity index (χ1v) is 9.07. The van der Waals surface area contributed by atoms with Crippen molar-refractivity contribution >= 4 is 29.2 Å². The molecule has 0 fully saturated rings. The van der Waals surface area contributed by atoms with Gasteiger partial charge in [0.05, 0.1) is 6.04 Å². The molecule has 144 valence electrons. The predicted octanol–water partition coefficient (Wildman–Crippen LogP) is 4.08. The number of hydrogen-bond acceptors (Lipinski definition) is 3. The van der Waals surface area contributed by atoms with Crippen LogP contribution in [0, 0.1) is 0 Å². The Kier molecular flexibility index (Phi) is 7.49. The lowest BCUT2D eigenvalue weighted by molar-refractivity contribution is -0.122. The van der Waals surface area contributed by atoms with Crippen LogP contribution in [0.1, 0.15) is 25.5 Å². The number of ether oxygens (including phenoxy) is 1. The molecule has 0 heterocycles. The molecular weight excluding hydrogens is 366 g/mol. The summed E-state index contributed by atoms with van der Waals surface area (Å²) in [5.41, 5.74) is 1.63. The van der Waals surface area contributed by atoms with E-state index < -0.39 is 0 Å². The first kappa shape index (κ1) is 20.6. The maximum absolute atomic E-state index is 12.5. The second kappa shape index (κ2) is 9.83. The molecule has 2 rings (SSSR count). The topological polar surface area (TPSA) is 70.7 Å². The molecule has 0 unspecified atom stereocenters. The number of nitrogens with one attached hydrogen (secondary N) is 2. The Morgan fingerprint density at radius 2 is 1.74 bits per heavy atom. The second-order valence-corrected chi connectivity index (χ2v) is 6.47. The fraction of sp³-hybridized carbons (Fsp3) is 0.300. The Hall–Kier alpha value is -2.73. The number of carbonyl (C=O) groups is 2. The van der Waals surface area contributed by atoms with Gasteiger partial charge in [0.25, 0.3) is 5.91 Å². The molecule has 0 saturated heterocycles. The number of rotatable bonds is 7. The monoisotopic (exact) mass is 389 g/mol. The normalized spacial score (nSPS) is 11.4. The van der Waals surface area contributed by atoms with Crippen molar-refractivity contribution in [2.24, 2.45) is 0 Å². The van der Waals surface area contributed by atoms with Crippen molar-refractivity contribution in [2.75, 3.05) is 25.5 Å². The van der Waals surface area contributed by atoms with E-state index in [1.165, 1.54) is 0 Å². The van der Waals surface area contributed by atoms with Gasteiger partial charge in [0.15, 0.2) is 6.61 Å². The molecule has 2 aromatic carbocycles. The van der Waals surface area contributed by atoms with Gasteiger partial charge in [-0.25, -0.2) is 4.79 Å². The number of halogens is 1. The van der Waals surface area contributed by atoms with E-state index in [0.29, 0.717) is 23.0 Å². The molecule has 0 radical (unpaired) electrons. The van der Waals surface area contributed by atoms with Crippen molar-refractivity contribution in [1.29, 1.82) is 0 Å². The zero-order valence-electron chi connectivity index (χ0n) is 15.7. The van der Waals surface area contributed by atoms with E-state index in [4.69, 9.17) is 16.3 Å². The lowest BCUT2D eigenvalue weighted by atomic mass is 10.1. The molecule has 0 bridgehead atoms. The summed E-state index contributed by atoms with van der Waals surface area (Å²) in [6.45, 7) is 4.32. The number of nitrogens with zero attached hydrogens (tertiary/aromatic N) is 1. The van der Waals surface area contributed by atoms with Crippen molar-refractivity contribution in [2.45, 2.75) is 19.9 Å². The van der Waals surface area contributed by atoms with Crippen LogP contribution in [-0.4, -0.2) is 37.0 Å². The predicted molar refractivity (Wildman–Crippen MR) is 107 cm³/mol. The van der Waals surface area contributed by atoms with Gasteiger partial charge in [0.1, 0.15) is 5.75 Å². The van der Waals surface area contributed by atoms with E-state index in [2.05, 4.69) is 10.6 Å². The van der Waals surface area contributed by atoms with Crippen molar-refractivity contribution in [3.63, 3.8) is 0 Å². The molecule has 0 aliphatic heterocycles. The lowest BCUT2D eigenvalue weighted by Gasteiger charge is -2.25. The van der Waals surface area contributed by atoms with Crippen LogP contribution in [0.5, 0.6) is 5.75 Å². The van der Waals surface area contributed by atoms with Crippen LogP contribution in [0.2, 0.25) is 5.02 Å². The van der Waals surface area contributed by atoms with E-state index >= 15 is 0 Å². The van der Waals surface area contributed by atoms with E-state index in [0.717, 1.165) is 5.56 Å². The zero-order chi connectivity index (χ0) is 19.8. The molecule has 0 saturated carbocycles. The van der Waals surface area contributed by atoms with Crippen LogP contribution in [0.3, 0.4) is 0 Å². The van der Waals surface area contributed by atoms with E-state index in [9.17, 15) is 9.59 Å². The Labute approximate surface area is 164 Å². The van der Waals surface area contributed by atoms with Crippen LogP contribution in [-0.2, 0) is 4.79 Å². The maximum Gasteiger partial charge on any atom is 0.322 e. The molecule has 2 N–H and O–H groups in total. The number of anilines is 1. The first-order valence-electron chi connectivity index (χ1n) is 8.69. The largest absolute Gasteiger partial charge is 0.484 e. The summed E-state index contributed by atoms with van der Waals surface area (Å²) in [4.78, 5) is 25.5. The molecule has 0 aliphatic rings. The summed E-state index contributed by atoms with van der Waals surface area (Å²) < 4.78 is 5.39. The summed E-state index contributed by atoms with van der Waals surface area (Å²) in [6.07, 6.45) is 0. The van der Waals surface area contributed by atoms with Crippen LogP contribution in [0.15, 0.2) is 48.5 Å². The van der Waals surface area contributed by atoms with Crippen LogP contribution >= 0.6 is 11.6 Å². The van der Waals surface area contributed by atoms with Crippen LogP contribution < -0.4 is 15.4 Å². The molecule has 1 atom stereocenters. The zero-order valence-corrected chi connectivity index (χ0v) is 16.4. The highest BCUT2D eigenvalue weighted by atomic mass is 35.5. The minimum atomic E-state index is -0.228. The quantitative estimate of drug-likeness (QED) is 0.749. The summed E-state index contributed by atoms with van der Waals surface area (Å²) in [6, 6.07) is 13.9. The second-order valence-electron chi connectivity index (χ2n) is 6.04. The number of amides is 3. The highest BCUT2D eigenvalue weighted by molar-refractivity contribution is 6.30. The number of urea groups is 1. The van der Waals surface area contributed by atoms with Gasteiger partial charge in [-0.2, -0.15) is 0 Å². The first-order chi connectivity index (χ1) is 12.9.